The smallest absolute Gasteiger partial charge is 0.354 e. The summed E-state index contributed by atoms with van der Waals surface area (Å²) in [5.74, 6) is -0.308. The number of nitrogens with one attached hydrogen (secondary N) is 1. The number of halogens is 1. The first-order chi connectivity index (χ1) is 13.9. The summed E-state index contributed by atoms with van der Waals surface area (Å²) in [4.78, 5) is 12.1. The van der Waals surface area contributed by atoms with Crippen molar-refractivity contribution in [2.24, 2.45) is 7.05 Å². The third-order valence-corrected chi connectivity index (χ3v) is 5.26. The van der Waals surface area contributed by atoms with Gasteiger partial charge in [0.25, 0.3) is 0 Å². The number of aromatic nitrogens is 1. The van der Waals surface area contributed by atoms with E-state index in [4.69, 9.17) is 16.3 Å². The third-order valence-electron chi connectivity index (χ3n) is 5.03. The number of ether oxygens (including phenoxy) is 1. The molecule has 154 valence electrons. The number of esters is 1. The highest BCUT2D eigenvalue weighted by Crippen LogP contribution is 2.22. The monoisotopic (exact) mass is 414 g/mol. The number of rotatable bonds is 8. The van der Waals surface area contributed by atoms with Crippen LogP contribution < -0.4 is 5.32 Å². The molecule has 0 aliphatic rings. The Bertz CT molecular complexity index is 999. The molecule has 0 spiro atoms. The minimum Gasteiger partial charge on any atom is -0.461 e. The van der Waals surface area contributed by atoms with E-state index in [0.29, 0.717) is 23.9 Å². The van der Waals surface area contributed by atoms with E-state index in [0.717, 1.165) is 28.5 Å². The Morgan fingerprint density at radius 3 is 2.76 bits per heavy atom. The van der Waals surface area contributed by atoms with Gasteiger partial charge in [-0.2, -0.15) is 0 Å². The van der Waals surface area contributed by atoms with Crippen LogP contribution in [0.4, 0.5) is 0 Å². The summed E-state index contributed by atoms with van der Waals surface area (Å²) in [6.07, 6.45) is 0.196. The number of aliphatic hydroxyl groups excluding tert-OH is 1. The molecule has 1 heterocycles. The van der Waals surface area contributed by atoms with Crippen LogP contribution in [0.15, 0.2) is 48.5 Å². The fourth-order valence-corrected chi connectivity index (χ4v) is 3.70. The fourth-order valence-electron chi connectivity index (χ4n) is 3.50. The minimum absolute atomic E-state index is 0.175. The van der Waals surface area contributed by atoms with Gasteiger partial charge in [-0.15, -0.1) is 0 Å². The Balaban J connectivity index is 1.64. The zero-order chi connectivity index (χ0) is 21.0. The molecule has 29 heavy (non-hydrogen) atoms. The standard InChI is InChI=1S/C23H27ClN2O3/c1-4-29-23(28)21-13-18-11-16(8-9-20(18)26(21)3)10-15(2)25-14-22(27)17-6-5-7-19(24)12-17/h5-9,11-13,15,22,25,27H,4,10,14H2,1-3H3/t15?,22-/m0/s1. The van der Waals surface area contributed by atoms with E-state index in [-0.39, 0.29) is 12.0 Å². The fraction of sp³-hybridized carbons (Fsp3) is 0.348. The molecule has 3 rings (SSSR count). The first-order valence-electron chi connectivity index (χ1n) is 9.81. The third kappa shape index (κ3) is 5.18. The average molecular weight is 415 g/mol. The number of nitrogens with zero attached hydrogens (tertiary/aromatic N) is 1. The summed E-state index contributed by atoms with van der Waals surface area (Å²) in [6.45, 7) is 4.69. The molecule has 0 aliphatic heterocycles. The summed E-state index contributed by atoms with van der Waals surface area (Å²) in [7, 11) is 1.87. The summed E-state index contributed by atoms with van der Waals surface area (Å²) in [5, 5.41) is 15.4. The number of hydrogen-bond donors (Lipinski definition) is 2. The Hall–Kier alpha value is -2.34. The number of aliphatic hydroxyl groups is 1. The molecule has 0 amide bonds. The van der Waals surface area contributed by atoms with Crippen molar-refractivity contribution in [2.75, 3.05) is 13.2 Å². The first-order valence-corrected chi connectivity index (χ1v) is 10.2. The lowest BCUT2D eigenvalue weighted by molar-refractivity contribution is 0.0516. The number of aryl methyl sites for hydroxylation is 1. The van der Waals surface area contributed by atoms with Gasteiger partial charge in [-0.3, -0.25) is 0 Å². The number of fused-ring (bicyclic) bond motifs is 1. The van der Waals surface area contributed by atoms with Gasteiger partial charge in [0, 0.05) is 35.6 Å². The molecule has 1 aromatic heterocycles. The summed E-state index contributed by atoms with van der Waals surface area (Å²) >= 11 is 5.99. The van der Waals surface area contributed by atoms with Crippen LogP contribution in [0.25, 0.3) is 10.9 Å². The molecule has 2 aromatic carbocycles. The molecule has 0 fully saturated rings. The largest absolute Gasteiger partial charge is 0.461 e. The van der Waals surface area contributed by atoms with Crippen LogP contribution in [-0.4, -0.2) is 34.8 Å². The van der Waals surface area contributed by atoms with Crippen LogP contribution in [0.1, 0.15) is 41.6 Å². The van der Waals surface area contributed by atoms with Gasteiger partial charge in [0.2, 0.25) is 0 Å². The quantitative estimate of drug-likeness (QED) is 0.540. The molecular formula is C23H27ClN2O3. The highest BCUT2D eigenvalue weighted by atomic mass is 35.5. The van der Waals surface area contributed by atoms with Crippen molar-refractivity contribution in [3.8, 4) is 0 Å². The van der Waals surface area contributed by atoms with Gasteiger partial charge < -0.3 is 19.7 Å². The number of carbonyl (C=O) groups is 1. The number of carbonyl (C=O) groups excluding carboxylic acids is 1. The van der Waals surface area contributed by atoms with Gasteiger partial charge in [0.05, 0.1) is 12.7 Å². The van der Waals surface area contributed by atoms with E-state index in [1.807, 2.05) is 35.9 Å². The average Bonchev–Trinajstić information content (AvgIpc) is 3.02. The molecule has 0 radical (unpaired) electrons. The maximum atomic E-state index is 12.1. The maximum Gasteiger partial charge on any atom is 0.354 e. The lowest BCUT2D eigenvalue weighted by Crippen LogP contribution is -2.32. The highest BCUT2D eigenvalue weighted by Gasteiger charge is 2.15. The van der Waals surface area contributed by atoms with Crippen LogP contribution in [0.5, 0.6) is 0 Å². The zero-order valence-electron chi connectivity index (χ0n) is 17.0. The molecule has 1 unspecified atom stereocenters. The molecule has 6 heteroatoms. The van der Waals surface area contributed by atoms with Gasteiger partial charge in [0.1, 0.15) is 5.69 Å². The first kappa shape index (κ1) is 21.4. The normalized spacial score (nSPS) is 13.4. The van der Waals surface area contributed by atoms with E-state index in [2.05, 4.69) is 24.4 Å². The Kier molecular flexibility index (Phi) is 6.96. The van der Waals surface area contributed by atoms with Crippen LogP contribution in [0.3, 0.4) is 0 Å². The van der Waals surface area contributed by atoms with Crippen molar-refractivity contribution in [1.29, 1.82) is 0 Å². The SMILES string of the molecule is CCOC(=O)c1cc2cc(CC(C)NC[C@H](O)c3cccc(Cl)c3)ccc2n1C. The topological polar surface area (TPSA) is 63.5 Å². The zero-order valence-corrected chi connectivity index (χ0v) is 17.7. The summed E-state index contributed by atoms with van der Waals surface area (Å²) < 4.78 is 6.99. The predicted molar refractivity (Wildman–Crippen MR) is 116 cm³/mol. The van der Waals surface area contributed by atoms with Crippen LogP contribution in [-0.2, 0) is 18.2 Å². The Morgan fingerprint density at radius 2 is 2.03 bits per heavy atom. The van der Waals surface area contributed by atoms with Gasteiger partial charge in [-0.25, -0.2) is 4.79 Å². The van der Waals surface area contributed by atoms with E-state index in [9.17, 15) is 9.90 Å². The summed E-state index contributed by atoms with van der Waals surface area (Å²) in [6, 6.07) is 15.5. The van der Waals surface area contributed by atoms with Crippen molar-refractivity contribution in [3.63, 3.8) is 0 Å². The van der Waals surface area contributed by atoms with E-state index in [1.54, 1.807) is 19.1 Å². The molecule has 0 saturated heterocycles. The van der Waals surface area contributed by atoms with E-state index < -0.39 is 6.10 Å². The van der Waals surface area contributed by atoms with E-state index in [1.165, 1.54) is 0 Å². The van der Waals surface area contributed by atoms with Gasteiger partial charge in [-0.05, 0) is 61.7 Å². The molecule has 0 aliphatic carbocycles. The Labute approximate surface area is 176 Å². The van der Waals surface area contributed by atoms with Gasteiger partial charge in [-0.1, -0.05) is 29.8 Å². The van der Waals surface area contributed by atoms with Crippen LogP contribution in [0.2, 0.25) is 5.02 Å². The molecule has 2 N–H and O–H groups in total. The van der Waals surface area contributed by atoms with Crippen molar-refractivity contribution < 1.29 is 14.6 Å². The molecule has 0 saturated carbocycles. The van der Waals surface area contributed by atoms with Gasteiger partial charge >= 0.3 is 5.97 Å². The van der Waals surface area contributed by atoms with Gasteiger partial charge in [0.15, 0.2) is 0 Å². The predicted octanol–water partition coefficient (Wildman–Crippen LogP) is 4.26. The molecular weight excluding hydrogens is 388 g/mol. The Morgan fingerprint density at radius 1 is 1.24 bits per heavy atom. The van der Waals surface area contributed by atoms with Crippen molar-refractivity contribution in [1.82, 2.24) is 9.88 Å². The molecule has 3 aromatic rings. The maximum absolute atomic E-state index is 12.1. The molecule has 5 nitrogen and oxygen atoms in total. The molecule has 0 bridgehead atoms. The lowest BCUT2D eigenvalue weighted by Gasteiger charge is -2.18. The van der Waals surface area contributed by atoms with E-state index >= 15 is 0 Å². The number of benzene rings is 2. The highest BCUT2D eigenvalue weighted by molar-refractivity contribution is 6.30. The van der Waals surface area contributed by atoms with Crippen molar-refractivity contribution >= 4 is 28.5 Å². The minimum atomic E-state index is -0.611. The molecule has 2 atom stereocenters. The summed E-state index contributed by atoms with van der Waals surface area (Å²) in [5.41, 5.74) is 3.51. The lowest BCUT2D eigenvalue weighted by atomic mass is 10.0. The number of hydrogen-bond acceptors (Lipinski definition) is 4. The van der Waals surface area contributed by atoms with Crippen molar-refractivity contribution in [3.05, 3.63) is 70.4 Å². The van der Waals surface area contributed by atoms with Crippen LogP contribution in [0, 0.1) is 0 Å². The van der Waals surface area contributed by atoms with Crippen LogP contribution >= 0.6 is 11.6 Å². The second-order valence-electron chi connectivity index (χ2n) is 7.29. The van der Waals surface area contributed by atoms with Crippen molar-refractivity contribution in [2.45, 2.75) is 32.4 Å². The second-order valence-corrected chi connectivity index (χ2v) is 7.72. The second kappa shape index (κ2) is 9.44.